The summed E-state index contributed by atoms with van der Waals surface area (Å²) in [5, 5.41) is 0.820. The second-order valence-corrected chi connectivity index (χ2v) is 7.36. The van der Waals surface area contributed by atoms with Gasteiger partial charge in [-0.2, -0.15) is 12.7 Å². The topological polar surface area (TPSA) is 55.4 Å². The molecule has 1 aromatic carbocycles. The minimum Gasteiger partial charge on any atom is -0.249 e. The maximum absolute atomic E-state index is 11.0. The second-order valence-electron chi connectivity index (χ2n) is 3.93. The van der Waals surface area contributed by atoms with Crippen LogP contribution in [0.25, 0.3) is 5.70 Å². The molecule has 1 unspecified atom stereocenters. The zero-order valence-electron chi connectivity index (χ0n) is 9.81. The molecule has 0 amide bonds. The molecule has 0 saturated carbocycles. The Labute approximate surface area is 115 Å². The van der Waals surface area contributed by atoms with Crippen molar-refractivity contribution in [1.29, 1.82) is 0 Å². The number of hydrogen-bond donors (Lipinski definition) is 1. The van der Waals surface area contributed by atoms with Crippen molar-refractivity contribution in [1.82, 2.24) is 5.48 Å². The Morgan fingerprint density at radius 1 is 1.44 bits per heavy atom. The van der Waals surface area contributed by atoms with Crippen LogP contribution in [0.3, 0.4) is 0 Å². The van der Waals surface area contributed by atoms with E-state index < -0.39 is 10.1 Å². The van der Waals surface area contributed by atoms with Crippen molar-refractivity contribution in [2.45, 2.75) is 17.1 Å². The molecule has 1 aliphatic rings. The molecule has 2 rings (SSSR count). The molecular weight excluding hydrogens is 294 g/mol. The molecule has 1 atom stereocenters. The van der Waals surface area contributed by atoms with Gasteiger partial charge in [0.05, 0.1) is 12.0 Å². The molecule has 1 N–H and O–H groups in total. The Hall–Kier alpha value is -0.690. The van der Waals surface area contributed by atoms with E-state index >= 15 is 0 Å². The van der Waals surface area contributed by atoms with Gasteiger partial charge in [-0.1, -0.05) is 11.6 Å². The fourth-order valence-electron chi connectivity index (χ4n) is 1.58. The van der Waals surface area contributed by atoms with Crippen molar-refractivity contribution >= 4 is 39.2 Å². The van der Waals surface area contributed by atoms with E-state index in [0.717, 1.165) is 16.7 Å². The predicted molar refractivity (Wildman–Crippen MR) is 73.8 cm³/mol. The Morgan fingerprint density at radius 2 is 2.17 bits per heavy atom. The van der Waals surface area contributed by atoms with Gasteiger partial charge in [-0.05, 0) is 31.2 Å². The van der Waals surface area contributed by atoms with Crippen LogP contribution >= 0.6 is 23.4 Å². The van der Waals surface area contributed by atoms with Crippen LogP contribution in [0, 0.1) is 0 Å². The lowest BCUT2D eigenvalue weighted by Crippen LogP contribution is -2.20. The molecular formula is C11H12ClNO3S2. The number of halogens is 1. The van der Waals surface area contributed by atoms with Crippen molar-refractivity contribution < 1.29 is 12.7 Å². The van der Waals surface area contributed by atoms with Crippen LogP contribution in [0.5, 0.6) is 0 Å². The summed E-state index contributed by atoms with van der Waals surface area (Å²) in [5.41, 5.74) is 3.93. The SMILES string of the molecule is CC1C=C(NOS(C)(=O)=O)c2cc(Cl)ccc2S1. The Balaban J connectivity index is 2.32. The summed E-state index contributed by atoms with van der Waals surface area (Å²) < 4.78 is 26.6. The highest BCUT2D eigenvalue weighted by Gasteiger charge is 2.19. The molecule has 0 bridgehead atoms. The van der Waals surface area contributed by atoms with Gasteiger partial charge in [0.15, 0.2) is 0 Å². The minimum atomic E-state index is -3.55. The van der Waals surface area contributed by atoms with Gasteiger partial charge in [-0.25, -0.2) is 5.48 Å². The van der Waals surface area contributed by atoms with Gasteiger partial charge in [0.1, 0.15) is 0 Å². The van der Waals surface area contributed by atoms with Gasteiger partial charge in [-0.15, -0.1) is 11.8 Å². The third kappa shape index (κ3) is 3.41. The molecule has 4 nitrogen and oxygen atoms in total. The van der Waals surface area contributed by atoms with Crippen LogP contribution in [0.2, 0.25) is 5.02 Å². The highest BCUT2D eigenvalue weighted by Crippen LogP contribution is 2.37. The zero-order chi connectivity index (χ0) is 13.3. The van der Waals surface area contributed by atoms with Crippen LogP contribution in [-0.4, -0.2) is 19.9 Å². The fourth-order valence-corrected chi connectivity index (χ4v) is 3.04. The maximum atomic E-state index is 11.0. The van der Waals surface area contributed by atoms with E-state index in [2.05, 4.69) is 9.76 Å². The molecule has 98 valence electrons. The molecule has 1 aromatic rings. The first-order valence-electron chi connectivity index (χ1n) is 5.18. The van der Waals surface area contributed by atoms with Crippen LogP contribution in [0.4, 0.5) is 0 Å². The van der Waals surface area contributed by atoms with E-state index in [4.69, 9.17) is 11.6 Å². The summed E-state index contributed by atoms with van der Waals surface area (Å²) in [4.78, 5) is 1.04. The highest BCUT2D eigenvalue weighted by atomic mass is 35.5. The molecule has 0 aromatic heterocycles. The molecule has 18 heavy (non-hydrogen) atoms. The van der Waals surface area contributed by atoms with Gasteiger partial charge >= 0.3 is 0 Å². The first-order valence-corrected chi connectivity index (χ1v) is 8.25. The third-order valence-corrected chi connectivity index (χ3v) is 3.99. The summed E-state index contributed by atoms with van der Waals surface area (Å²) >= 11 is 7.62. The summed E-state index contributed by atoms with van der Waals surface area (Å²) in [6.07, 6.45) is 2.88. The highest BCUT2D eigenvalue weighted by molar-refractivity contribution is 8.00. The molecule has 7 heteroatoms. The number of thioether (sulfide) groups is 1. The van der Waals surface area contributed by atoms with Crippen molar-refractivity contribution in [3.63, 3.8) is 0 Å². The minimum absolute atomic E-state index is 0.226. The van der Waals surface area contributed by atoms with E-state index in [9.17, 15) is 8.42 Å². The smallest absolute Gasteiger partial charge is 0.249 e. The number of benzene rings is 1. The van der Waals surface area contributed by atoms with Crippen molar-refractivity contribution in [2.75, 3.05) is 6.26 Å². The molecule has 0 fully saturated rings. The summed E-state index contributed by atoms with van der Waals surface area (Å²) in [7, 11) is -3.55. The standard InChI is InChI=1S/C11H12ClNO3S2/c1-7-5-10(13-16-18(2,14)15)9-6-8(12)3-4-11(9)17-7/h3-7,13H,1-2H3. The molecule has 1 aliphatic heterocycles. The van der Waals surface area contributed by atoms with E-state index in [-0.39, 0.29) is 5.25 Å². The zero-order valence-corrected chi connectivity index (χ0v) is 12.2. The lowest BCUT2D eigenvalue weighted by molar-refractivity contribution is 0.261. The fraction of sp³-hybridized carbons (Fsp3) is 0.273. The van der Waals surface area contributed by atoms with Gasteiger partial charge in [-0.3, -0.25) is 0 Å². The van der Waals surface area contributed by atoms with Gasteiger partial charge < -0.3 is 0 Å². The number of nitrogens with one attached hydrogen (secondary N) is 1. The molecule has 1 heterocycles. The third-order valence-electron chi connectivity index (χ3n) is 2.25. The van der Waals surface area contributed by atoms with E-state index in [1.807, 2.05) is 19.1 Å². The van der Waals surface area contributed by atoms with E-state index in [1.165, 1.54) is 0 Å². The van der Waals surface area contributed by atoms with Crippen LogP contribution in [-0.2, 0) is 14.4 Å². The van der Waals surface area contributed by atoms with Gasteiger partial charge in [0, 0.05) is 20.7 Å². The van der Waals surface area contributed by atoms with Gasteiger partial charge in [0.2, 0.25) is 0 Å². The van der Waals surface area contributed by atoms with Crippen LogP contribution < -0.4 is 5.48 Å². The largest absolute Gasteiger partial charge is 0.284 e. The number of hydroxylamine groups is 1. The van der Waals surface area contributed by atoms with Crippen molar-refractivity contribution in [3.05, 3.63) is 34.9 Å². The molecule has 0 spiro atoms. The summed E-state index contributed by atoms with van der Waals surface area (Å²) in [6, 6.07) is 5.49. The Morgan fingerprint density at radius 3 is 2.83 bits per heavy atom. The van der Waals surface area contributed by atoms with E-state index in [1.54, 1.807) is 23.9 Å². The normalized spacial score (nSPS) is 19.1. The lowest BCUT2D eigenvalue weighted by atomic mass is 10.1. The first-order chi connectivity index (χ1) is 8.35. The van der Waals surface area contributed by atoms with Crippen molar-refractivity contribution in [2.24, 2.45) is 0 Å². The lowest BCUT2D eigenvalue weighted by Gasteiger charge is -2.21. The summed E-state index contributed by atoms with van der Waals surface area (Å²) in [6.45, 7) is 2.02. The second kappa shape index (κ2) is 5.13. The monoisotopic (exact) mass is 305 g/mol. The number of hydrogen-bond acceptors (Lipinski definition) is 5. The summed E-state index contributed by atoms with van der Waals surface area (Å²) in [5.74, 6) is 0. The van der Waals surface area contributed by atoms with Gasteiger partial charge in [0.25, 0.3) is 10.1 Å². The Kier molecular flexibility index (Phi) is 3.91. The first kappa shape index (κ1) is 13.7. The average Bonchev–Trinajstić information content (AvgIpc) is 2.25. The van der Waals surface area contributed by atoms with Crippen molar-refractivity contribution in [3.8, 4) is 0 Å². The number of fused-ring (bicyclic) bond motifs is 1. The average molecular weight is 306 g/mol. The Bertz CT molecular complexity index is 598. The molecule has 0 saturated heterocycles. The van der Waals surface area contributed by atoms with Crippen LogP contribution in [0.15, 0.2) is 29.2 Å². The maximum Gasteiger partial charge on any atom is 0.284 e. The number of rotatable bonds is 3. The molecule has 0 aliphatic carbocycles. The predicted octanol–water partition coefficient (Wildman–Crippen LogP) is 2.66. The quantitative estimate of drug-likeness (QED) is 0.870. The van der Waals surface area contributed by atoms with Crippen LogP contribution in [0.1, 0.15) is 12.5 Å². The van der Waals surface area contributed by atoms with E-state index in [0.29, 0.717) is 10.7 Å². The molecule has 0 radical (unpaired) electrons.